The molecule has 6 nitrogen and oxygen atoms in total. The van der Waals surface area contributed by atoms with E-state index < -0.39 is 6.04 Å². The third kappa shape index (κ3) is 1.81. The zero-order valence-electron chi connectivity index (χ0n) is 9.04. The Labute approximate surface area is 92.2 Å². The molecule has 2 aromatic rings. The lowest BCUT2D eigenvalue weighted by Gasteiger charge is -2.12. The summed E-state index contributed by atoms with van der Waals surface area (Å²) in [4.78, 5) is 15.4. The van der Waals surface area contributed by atoms with Gasteiger partial charge in [0.25, 0.3) is 0 Å². The van der Waals surface area contributed by atoms with Crippen LogP contribution in [0.25, 0.3) is 5.52 Å². The van der Waals surface area contributed by atoms with Crippen LogP contribution in [0.2, 0.25) is 0 Å². The summed E-state index contributed by atoms with van der Waals surface area (Å²) in [5.74, 6) is 0.279. The lowest BCUT2D eigenvalue weighted by atomic mass is 10.3. The zero-order valence-corrected chi connectivity index (χ0v) is 9.04. The molecular formula is C10H12N4O2. The summed E-state index contributed by atoms with van der Waals surface area (Å²) in [5, 5.41) is 7.05. The van der Waals surface area contributed by atoms with Gasteiger partial charge in [-0.05, 0) is 13.0 Å². The van der Waals surface area contributed by atoms with E-state index in [0.717, 1.165) is 5.52 Å². The number of carbonyl (C=O) groups excluding carboxylic acids is 1. The van der Waals surface area contributed by atoms with Gasteiger partial charge in [0, 0.05) is 12.4 Å². The standard InChI is InChI=1S/C10H12N4O2/c1-7(10(15)16-2)13-9-8-3-4-12-14(8)6-5-11-9/h3-7H,1-2H3,(H,11,13). The highest BCUT2D eigenvalue weighted by Gasteiger charge is 2.14. The minimum absolute atomic E-state index is 0.330. The van der Waals surface area contributed by atoms with Crippen molar-refractivity contribution in [1.82, 2.24) is 14.6 Å². The summed E-state index contributed by atoms with van der Waals surface area (Å²) >= 11 is 0. The monoisotopic (exact) mass is 220 g/mol. The van der Waals surface area contributed by atoms with Gasteiger partial charge in [0.05, 0.1) is 13.3 Å². The molecule has 2 heterocycles. The third-order valence-electron chi connectivity index (χ3n) is 2.23. The van der Waals surface area contributed by atoms with Crippen LogP contribution >= 0.6 is 0 Å². The predicted molar refractivity (Wildman–Crippen MR) is 58.1 cm³/mol. The SMILES string of the molecule is COC(=O)C(C)Nc1nccn2nccc12. The topological polar surface area (TPSA) is 68.5 Å². The molecule has 0 amide bonds. The van der Waals surface area contributed by atoms with E-state index >= 15 is 0 Å². The largest absolute Gasteiger partial charge is 0.467 e. The van der Waals surface area contributed by atoms with Crippen molar-refractivity contribution in [3.8, 4) is 0 Å². The van der Waals surface area contributed by atoms with Crippen LogP contribution in [0.5, 0.6) is 0 Å². The smallest absolute Gasteiger partial charge is 0.328 e. The van der Waals surface area contributed by atoms with Gasteiger partial charge in [0.2, 0.25) is 0 Å². The molecule has 0 fully saturated rings. The van der Waals surface area contributed by atoms with Crippen molar-refractivity contribution in [2.75, 3.05) is 12.4 Å². The third-order valence-corrected chi connectivity index (χ3v) is 2.23. The minimum Gasteiger partial charge on any atom is -0.467 e. The van der Waals surface area contributed by atoms with Crippen LogP contribution in [0.15, 0.2) is 24.7 Å². The van der Waals surface area contributed by atoms with Gasteiger partial charge in [-0.15, -0.1) is 0 Å². The van der Waals surface area contributed by atoms with Gasteiger partial charge < -0.3 is 10.1 Å². The molecule has 6 heteroatoms. The lowest BCUT2D eigenvalue weighted by Crippen LogP contribution is -2.27. The minimum atomic E-state index is -0.446. The molecule has 0 aromatic carbocycles. The van der Waals surface area contributed by atoms with Crippen molar-refractivity contribution in [1.29, 1.82) is 0 Å². The van der Waals surface area contributed by atoms with Crippen LogP contribution in [-0.2, 0) is 9.53 Å². The molecule has 0 aliphatic rings. The van der Waals surface area contributed by atoms with Gasteiger partial charge in [-0.3, -0.25) is 0 Å². The molecule has 16 heavy (non-hydrogen) atoms. The molecule has 1 N–H and O–H groups in total. The fourth-order valence-corrected chi connectivity index (χ4v) is 1.41. The van der Waals surface area contributed by atoms with E-state index in [2.05, 4.69) is 20.1 Å². The van der Waals surface area contributed by atoms with Crippen LogP contribution in [-0.4, -0.2) is 33.7 Å². The van der Waals surface area contributed by atoms with Crippen molar-refractivity contribution in [3.63, 3.8) is 0 Å². The zero-order chi connectivity index (χ0) is 11.5. The molecule has 0 radical (unpaired) electrons. The van der Waals surface area contributed by atoms with Gasteiger partial charge in [0.1, 0.15) is 11.6 Å². The highest BCUT2D eigenvalue weighted by molar-refractivity contribution is 5.80. The molecule has 1 unspecified atom stereocenters. The van der Waals surface area contributed by atoms with Crippen molar-refractivity contribution in [2.45, 2.75) is 13.0 Å². The van der Waals surface area contributed by atoms with E-state index in [1.54, 1.807) is 30.0 Å². The maximum atomic E-state index is 11.3. The molecule has 0 bridgehead atoms. The van der Waals surface area contributed by atoms with E-state index in [0.29, 0.717) is 5.82 Å². The predicted octanol–water partition coefficient (Wildman–Crippen LogP) is 0.703. The first-order valence-electron chi connectivity index (χ1n) is 4.85. The molecular weight excluding hydrogens is 208 g/mol. The van der Waals surface area contributed by atoms with Gasteiger partial charge >= 0.3 is 5.97 Å². The number of methoxy groups -OCH3 is 1. The van der Waals surface area contributed by atoms with E-state index in [9.17, 15) is 4.79 Å². The maximum absolute atomic E-state index is 11.3. The van der Waals surface area contributed by atoms with Crippen molar-refractivity contribution in [2.24, 2.45) is 0 Å². The fourth-order valence-electron chi connectivity index (χ4n) is 1.41. The summed E-state index contributed by atoms with van der Waals surface area (Å²) in [5.41, 5.74) is 0.818. The number of hydrogen-bond acceptors (Lipinski definition) is 5. The Balaban J connectivity index is 2.27. The highest BCUT2D eigenvalue weighted by atomic mass is 16.5. The Hall–Kier alpha value is -2.11. The molecule has 0 spiro atoms. The van der Waals surface area contributed by atoms with Crippen LogP contribution < -0.4 is 5.32 Å². The van der Waals surface area contributed by atoms with Crippen molar-refractivity contribution in [3.05, 3.63) is 24.7 Å². The number of rotatable bonds is 3. The first-order chi connectivity index (χ1) is 7.72. The Morgan fingerprint density at radius 2 is 2.38 bits per heavy atom. The Morgan fingerprint density at radius 1 is 1.56 bits per heavy atom. The highest BCUT2D eigenvalue weighted by Crippen LogP contribution is 2.13. The molecule has 1 atom stereocenters. The molecule has 0 aliphatic carbocycles. The van der Waals surface area contributed by atoms with Gasteiger partial charge in [-0.25, -0.2) is 14.3 Å². The fraction of sp³-hybridized carbons (Fsp3) is 0.300. The Bertz CT molecular complexity index is 508. The molecule has 0 saturated carbocycles. The number of nitrogens with one attached hydrogen (secondary N) is 1. The summed E-state index contributed by atoms with van der Waals surface area (Å²) in [6, 6.07) is 1.37. The second kappa shape index (κ2) is 4.18. The molecule has 84 valence electrons. The molecule has 0 aliphatic heterocycles. The van der Waals surface area contributed by atoms with Gasteiger partial charge in [0.15, 0.2) is 5.82 Å². The normalized spacial score (nSPS) is 12.4. The number of hydrogen-bond donors (Lipinski definition) is 1. The second-order valence-electron chi connectivity index (χ2n) is 3.33. The van der Waals surface area contributed by atoms with Crippen LogP contribution in [0.1, 0.15) is 6.92 Å². The van der Waals surface area contributed by atoms with Crippen LogP contribution in [0.3, 0.4) is 0 Å². The quantitative estimate of drug-likeness (QED) is 0.771. The summed E-state index contributed by atoms with van der Waals surface area (Å²) < 4.78 is 6.31. The van der Waals surface area contributed by atoms with E-state index in [1.165, 1.54) is 7.11 Å². The molecule has 0 saturated heterocycles. The van der Waals surface area contributed by atoms with Crippen molar-refractivity contribution < 1.29 is 9.53 Å². The van der Waals surface area contributed by atoms with Gasteiger partial charge in [-0.2, -0.15) is 5.10 Å². The lowest BCUT2D eigenvalue weighted by molar-refractivity contribution is -0.141. The number of ether oxygens (including phenoxy) is 1. The average molecular weight is 220 g/mol. The van der Waals surface area contributed by atoms with Crippen LogP contribution in [0, 0.1) is 0 Å². The average Bonchev–Trinajstić information content (AvgIpc) is 2.77. The maximum Gasteiger partial charge on any atom is 0.328 e. The number of carbonyl (C=O) groups is 1. The van der Waals surface area contributed by atoms with Gasteiger partial charge in [-0.1, -0.05) is 0 Å². The first-order valence-corrected chi connectivity index (χ1v) is 4.85. The van der Waals surface area contributed by atoms with E-state index in [1.807, 2.05) is 6.07 Å². The van der Waals surface area contributed by atoms with Crippen molar-refractivity contribution >= 4 is 17.3 Å². The number of nitrogens with zero attached hydrogens (tertiary/aromatic N) is 3. The number of fused-ring (bicyclic) bond motifs is 1. The Morgan fingerprint density at radius 3 is 3.12 bits per heavy atom. The van der Waals surface area contributed by atoms with E-state index in [-0.39, 0.29) is 5.97 Å². The second-order valence-corrected chi connectivity index (χ2v) is 3.33. The van der Waals surface area contributed by atoms with E-state index in [4.69, 9.17) is 0 Å². The molecule has 2 rings (SSSR count). The molecule has 2 aromatic heterocycles. The number of esters is 1. The van der Waals surface area contributed by atoms with Crippen LogP contribution in [0.4, 0.5) is 5.82 Å². The summed E-state index contributed by atoms with van der Waals surface area (Å²) in [6.45, 7) is 1.72. The summed E-state index contributed by atoms with van der Waals surface area (Å²) in [6.07, 6.45) is 5.03. The summed E-state index contributed by atoms with van der Waals surface area (Å²) in [7, 11) is 1.35. The number of anilines is 1. The number of aromatic nitrogens is 3. The Kier molecular flexibility index (Phi) is 2.72. The first kappa shape index (κ1) is 10.4.